The Labute approximate surface area is 165 Å². The molecule has 144 valence electrons. The first kappa shape index (κ1) is 19.6. The molecule has 1 unspecified atom stereocenters. The molecule has 1 heterocycles. The molecular weight excluding hydrogens is 394 g/mol. The summed E-state index contributed by atoms with van der Waals surface area (Å²) in [7, 11) is 0. The van der Waals surface area contributed by atoms with Crippen LogP contribution in [0, 0.1) is 0 Å². The second-order valence-corrected chi connectivity index (χ2v) is 8.04. The summed E-state index contributed by atoms with van der Waals surface area (Å²) in [5.41, 5.74) is 1.61. The Balaban J connectivity index is 1.44. The van der Waals surface area contributed by atoms with E-state index in [-0.39, 0.29) is 11.5 Å². The zero-order valence-corrected chi connectivity index (χ0v) is 17.2. The van der Waals surface area contributed by atoms with Crippen LogP contribution in [0.15, 0.2) is 33.7 Å². The summed E-state index contributed by atoms with van der Waals surface area (Å²) in [6.45, 7) is 7.00. The molecule has 0 amide bonds. The molecule has 1 saturated heterocycles. The van der Waals surface area contributed by atoms with Crippen molar-refractivity contribution in [2.45, 2.75) is 44.1 Å². The van der Waals surface area contributed by atoms with Crippen LogP contribution in [-0.2, 0) is 14.9 Å². The third kappa shape index (κ3) is 5.69. The predicted molar refractivity (Wildman–Crippen MR) is 109 cm³/mol. The molecule has 0 aromatic heterocycles. The summed E-state index contributed by atoms with van der Waals surface area (Å²) in [6, 6.07) is 8.64. The quantitative estimate of drug-likeness (QED) is 0.363. The third-order valence-corrected chi connectivity index (χ3v) is 5.52. The van der Waals surface area contributed by atoms with Crippen molar-refractivity contribution in [3.63, 3.8) is 0 Å². The lowest BCUT2D eigenvalue weighted by atomic mass is 9.96. The van der Waals surface area contributed by atoms with Gasteiger partial charge < -0.3 is 20.1 Å². The first-order chi connectivity index (χ1) is 12.7. The van der Waals surface area contributed by atoms with Crippen molar-refractivity contribution in [3.8, 4) is 0 Å². The normalized spacial score (nSPS) is 21.6. The second kappa shape index (κ2) is 9.72. The van der Waals surface area contributed by atoms with Crippen molar-refractivity contribution < 1.29 is 9.47 Å². The Morgan fingerprint density at radius 1 is 1.38 bits per heavy atom. The van der Waals surface area contributed by atoms with Crippen molar-refractivity contribution in [1.29, 1.82) is 0 Å². The number of nitrogens with one attached hydrogen (secondary N) is 2. The molecule has 0 radical (unpaired) electrons. The molecule has 26 heavy (non-hydrogen) atoms. The first-order valence-corrected chi connectivity index (χ1v) is 10.5. The first-order valence-electron chi connectivity index (χ1n) is 9.69. The number of halogens is 1. The SMILES string of the molecule is CCNC(=NCC1(c2cccc(Br)c2)CC1)NCCCOC1CCOC1. The standard InChI is InChI=1S/C20H30BrN3O2/c1-2-22-19(23-10-4-11-26-18-7-12-25-14-18)24-15-20(8-9-20)16-5-3-6-17(21)13-16/h3,5-6,13,18H,2,4,7-12,14-15H2,1H3,(H2,22,23,24). The van der Waals surface area contributed by atoms with E-state index in [1.807, 2.05) is 0 Å². The highest BCUT2D eigenvalue weighted by atomic mass is 79.9. The topological polar surface area (TPSA) is 54.9 Å². The van der Waals surface area contributed by atoms with Crippen molar-refractivity contribution in [1.82, 2.24) is 10.6 Å². The minimum atomic E-state index is 0.220. The van der Waals surface area contributed by atoms with Crippen LogP contribution in [-0.4, -0.2) is 51.5 Å². The number of hydrogen-bond donors (Lipinski definition) is 2. The molecule has 0 bridgehead atoms. The smallest absolute Gasteiger partial charge is 0.191 e. The maximum absolute atomic E-state index is 5.81. The largest absolute Gasteiger partial charge is 0.379 e. The van der Waals surface area contributed by atoms with Crippen LogP contribution in [0.5, 0.6) is 0 Å². The zero-order chi connectivity index (χ0) is 18.2. The van der Waals surface area contributed by atoms with Crippen LogP contribution in [0.1, 0.15) is 38.2 Å². The summed E-state index contributed by atoms with van der Waals surface area (Å²) in [5, 5.41) is 6.77. The van der Waals surface area contributed by atoms with Crippen molar-refractivity contribution in [2.75, 3.05) is 39.5 Å². The van der Waals surface area contributed by atoms with Gasteiger partial charge in [0.1, 0.15) is 0 Å². The van der Waals surface area contributed by atoms with E-state index in [4.69, 9.17) is 14.5 Å². The van der Waals surface area contributed by atoms with Gasteiger partial charge in [-0.3, -0.25) is 4.99 Å². The molecule has 3 rings (SSSR count). The summed E-state index contributed by atoms with van der Waals surface area (Å²) in [6.07, 6.45) is 4.71. The summed E-state index contributed by atoms with van der Waals surface area (Å²) in [5.74, 6) is 0.901. The molecule has 1 aromatic rings. The van der Waals surface area contributed by atoms with Gasteiger partial charge in [0, 0.05) is 36.2 Å². The Morgan fingerprint density at radius 3 is 2.96 bits per heavy atom. The molecule has 2 aliphatic rings. The van der Waals surface area contributed by atoms with Gasteiger partial charge in [0.2, 0.25) is 0 Å². The Hall–Kier alpha value is -1.11. The Kier molecular flexibility index (Phi) is 7.34. The number of ether oxygens (including phenoxy) is 2. The van der Waals surface area contributed by atoms with Crippen LogP contribution in [0.25, 0.3) is 0 Å². The molecule has 1 saturated carbocycles. The number of aliphatic imine (C=N–C) groups is 1. The van der Waals surface area contributed by atoms with Gasteiger partial charge in [-0.15, -0.1) is 0 Å². The number of hydrogen-bond acceptors (Lipinski definition) is 3. The van der Waals surface area contributed by atoms with E-state index in [0.717, 1.165) is 62.7 Å². The van der Waals surface area contributed by atoms with Gasteiger partial charge in [0.15, 0.2) is 5.96 Å². The second-order valence-electron chi connectivity index (χ2n) is 7.12. The van der Waals surface area contributed by atoms with Crippen LogP contribution in [0.3, 0.4) is 0 Å². The van der Waals surface area contributed by atoms with E-state index in [9.17, 15) is 0 Å². The Bertz CT molecular complexity index is 598. The summed E-state index contributed by atoms with van der Waals surface area (Å²) < 4.78 is 12.3. The van der Waals surface area contributed by atoms with Crippen LogP contribution >= 0.6 is 15.9 Å². The van der Waals surface area contributed by atoms with Gasteiger partial charge >= 0.3 is 0 Å². The highest BCUT2D eigenvalue weighted by Crippen LogP contribution is 2.48. The third-order valence-electron chi connectivity index (χ3n) is 5.03. The van der Waals surface area contributed by atoms with Gasteiger partial charge in [-0.25, -0.2) is 0 Å². The maximum atomic E-state index is 5.81. The fraction of sp³-hybridized carbons (Fsp3) is 0.650. The van der Waals surface area contributed by atoms with E-state index >= 15 is 0 Å². The average molecular weight is 424 g/mol. The minimum Gasteiger partial charge on any atom is -0.379 e. The van der Waals surface area contributed by atoms with Crippen molar-refractivity contribution >= 4 is 21.9 Å². The molecule has 1 aliphatic carbocycles. The van der Waals surface area contributed by atoms with Crippen LogP contribution in [0.4, 0.5) is 0 Å². The molecule has 1 aliphatic heterocycles. The molecule has 2 N–H and O–H groups in total. The lowest BCUT2D eigenvalue weighted by molar-refractivity contribution is 0.0420. The van der Waals surface area contributed by atoms with Gasteiger partial charge in [-0.05, 0) is 50.3 Å². The van der Waals surface area contributed by atoms with Gasteiger partial charge in [0.25, 0.3) is 0 Å². The number of nitrogens with zero attached hydrogens (tertiary/aromatic N) is 1. The van der Waals surface area contributed by atoms with E-state index in [1.165, 1.54) is 18.4 Å². The zero-order valence-electron chi connectivity index (χ0n) is 15.6. The molecule has 5 nitrogen and oxygen atoms in total. The lowest BCUT2D eigenvalue weighted by Gasteiger charge is -2.16. The average Bonchev–Trinajstić information content (AvgIpc) is 3.26. The minimum absolute atomic E-state index is 0.220. The molecule has 6 heteroatoms. The summed E-state index contributed by atoms with van der Waals surface area (Å²) >= 11 is 3.58. The van der Waals surface area contributed by atoms with Gasteiger partial charge in [0.05, 0.1) is 19.3 Å². The Morgan fingerprint density at radius 2 is 2.27 bits per heavy atom. The molecule has 0 spiro atoms. The highest BCUT2D eigenvalue weighted by Gasteiger charge is 2.44. The molecule has 1 atom stereocenters. The predicted octanol–water partition coefficient (Wildman–Crippen LogP) is 3.23. The van der Waals surface area contributed by atoms with E-state index in [2.05, 4.69) is 57.8 Å². The van der Waals surface area contributed by atoms with E-state index in [0.29, 0.717) is 0 Å². The van der Waals surface area contributed by atoms with Crippen molar-refractivity contribution in [2.24, 2.45) is 4.99 Å². The molecule has 1 aromatic carbocycles. The van der Waals surface area contributed by atoms with Gasteiger partial charge in [-0.2, -0.15) is 0 Å². The summed E-state index contributed by atoms with van der Waals surface area (Å²) in [4.78, 5) is 4.85. The molecule has 2 fully saturated rings. The van der Waals surface area contributed by atoms with E-state index in [1.54, 1.807) is 0 Å². The highest BCUT2D eigenvalue weighted by molar-refractivity contribution is 9.10. The van der Waals surface area contributed by atoms with Crippen LogP contribution < -0.4 is 10.6 Å². The molecular formula is C20H30BrN3O2. The van der Waals surface area contributed by atoms with Crippen molar-refractivity contribution in [3.05, 3.63) is 34.3 Å². The number of rotatable bonds is 9. The fourth-order valence-electron chi connectivity index (χ4n) is 3.25. The lowest BCUT2D eigenvalue weighted by Crippen LogP contribution is -2.38. The van der Waals surface area contributed by atoms with Crippen LogP contribution in [0.2, 0.25) is 0 Å². The fourth-order valence-corrected chi connectivity index (χ4v) is 3.65. The monoisotopic (exact) mass is 423 g/mol. The van der Waals surface area contributed by atoms with E-state index < -0.39 is 0 Å². The maximum Gasteiger partial charge on any atom is 0.191 e. The number of benzene rings is 1. The number of guanidine groups is 1. The van der Waals surface area contributed by atoms with Gasteiger partial charge in [-0.1, -0.05) is 28.1 Å².